The monoisotopic (exact) mass is 345 g/mol. The van der Waals surface area contributed by atoms with Crippen molar-refractivity contribution in [2.45, 2.75) is 18.8 Å². The van der Waals surface area contributed by atoms with Crippen LogP contribution in [0.25, 0.3) is 27.8 Å². The molecule has 0 radical (unpaired) electrons. The molecule has 1 aliphatic rings. The van der Waals surface area contributed by atoms with Gasteiger partial charge in [-0.15, -0.1) is 5.10 Å². The Morgan fingerprint density at radius 1 is 1.12 bits per heavy atom. The molecule has 0 spiro atoms. The van der Waals surface area contributed by atoms with E-state index in [2.05, 4.69) is 36.9 Å². The number of hydrogen-bond donors (Lipinski definition) is 2. The summed E-state index contributed by atoms with van der Waals surface area (Å²) in [6, 6.07) is 10.1. The second-order valence-electron chi connectivity index (χ2n) is 6.67. The molecule has 5 rings (SSSR count). The van der Waals surface area contributed by atoms with Crippen molar-refractivity contribution in [1.29, 1.82) is 0 Å². The fourth-order valence-electron chi connectivity index (χ4n) is 3.57. The van der Waals surface area contributed by atoms with Gasteiger partial charge in [0.05, 0.1) is 23.1 Å². The van der Waals surface area contributed by atoms with E-state index in [0.717, 1.165) is 46.6 Å². The van der Waals surface area contributed by atoms with Crippen LogP contribution in [0.4, 0.5) is 0 Å². The van der Waals surface area contributed by atoms with E-state index in [9.17, 15) is 0 Å². The Labute approximate surface area is 150 Å². The van der Waals surface area contributed by atoms with Gasteiger partial charge in [-0.1, -0.05) is 5.21 Å². The summed E-state index contributed by atoms with van der Waals surface area (Å²) >= 11 is 0. The molecule has 1 saturated heterocycles. The highest BCUT2D eigenvalue weighted by molar-refractivity contribution is 5.93. The summed E-state index contributed by atoms with van der Waals surface area (Å²) in [5, 5.41) is 20.8. The summed E-state index contributed by atoms with van der Waals surface area (Å²) < 4.78 is 1.85. The Morgan fingerprint density at radius 3 is 2.88 bits per heavy atom. The number of pyridine rings is 1. The molecule has 4 heterocycles. The number of fused-ring (bicyclic) bond motifs is 1. The lowest BCUT2D eigenvalue weighted by molar-refractivity contribution is 0.454. The van der Waals surface area contributed by atoms with Crippen LogP contribution in [-0.4, -0.2) is 43.3 Å². The second kappa shape index (κ2) is 6.34. The predicted octanol–water partition coefficient (Wildman–Crippen LogP) is 2.67. The maximum absolute atomic E-state index is 4.47. The average Bonchev–Trinajstić information content (AvgIpc) is 3.36. The van der Waals surface area contributed by atoms with E-state index in [4.69, 9.17) is 0 Å². The fraction of sp³-hybridized carbons (Fsp3) is 0.263. The van der Waals surface area contributed by atoms with Crippen molar-refractivity contribution in [3.63, 3.8) is 0 Å². The summed E-state index contributed by atoms with van der Waals surface area (Å²) in [5.74, 6) is 0.447. The van der Waals surface area contributed by atoms with Crippen molar-refractivity contribution in [2.24, 2.45) is 0 Å². The molecular weight excluding hydrogens is 326 g/mol. The van der Waals surface area contributed by atoms with E-state index >= 15 is 0 Å². The molecule has 0 aliphatic carbocycles. The maximum atomic E-state index is 4.47. The van der Waals surface area contributed by atoms with E-state index in [0.29, 0.717) is 5.92 Å². The van der Waals surface area contributed by atoms with Crippen LogP contribution in [0.5, 0.6) is 0 Å². The highest BCUT2D eigenvalue weighted by Gasteiger charge is 2.19. The Bertz CT molecular complexity index is 1030. The second-order valence-corrected chi connectivity index (χ2v) is 6.67. The Hall–Kier alpha value is -3.06. The normalized spacial score (nSPS) is 17.6. The van der Waals surface area contributed by atoms with Gasteiger partial charge in [-0.2, -0.15) is 5.10 Å². The molecule has 1 atom stereocenters. The van der Waals surface area contributed by atoms with Gasteiger partial charge in [0.2, 0.25) is 0 Å². The summed E-state index contributed by atoms with van der Waals surface area (Å²) in [5.41, 5.74) is 4.99. The molecule has 1 fully saturated rings. The third kappa shape index (κ3) is 2.66. The Kier molecular flexibility index (Phi) is 3.71. The largest absolute Gasteiger partial charge is 0.316 e. The molecule has 7 nitrogen and oxygen atoms in total. The zero-order valence-corrected chi connectivity index (χ0v) is 14.3. The van der Waals surface area contributed by atoms with Gasteiger partial charge in [0.15, 0.2) is 0 Å². The zero-order valence-electron chi connectivity index (χ0n) is 14.3. The SMILES string of the molecule is c1cc(-c2n[nH]c3ccc(-n4cc(C5CCCNC5)nn4)cc23)ccn1. The van der Waals surface area contributed by atoms with E-state index in [1.807, 2.05) is 35.1 Å². The number of aromatic amines is 1. The summed E-state index contributed by atoms with van der Waals surface area (Å²) in [7, 11) is 0. The van der Waals surface area contributed by atoms with E-state index in [-0.39, 0.29) is 0 Å². The van der Waals surface area contributed by atoms with Crippen molar-refractivity contribution in [1.82, 2.24) is 35.5 Å². The first kappa shape index (κ1) is 15.2. The number of aromatic nitrogens is 6. The highest BCUT2D eigenvalue weighted by Crippen LogP contribution is 2.28. The highest BCUT2D eigenvalue weighted by atomic mass is 15.4. The minimum absolute atomic E-state index is 0.447. The summed E-state index contributed by atoms with van der Waals surface area (Å²) in [6.07, 6.45) is 7.96. The number of H-pyrrole nitrogens is 1. The lowest BCUT2D eigenvalue weighted by Crippen LogP contribution is -2.28. The molecule has 1 unspecified atom stereocenters. The smallest absolute Gasteiger partial charge is 0.100 e. The van der Waals surface area contributed by atoms with Gasteiger partial charge in [-0.3, -0.25) is 10.1 Å². The van der Waals surface area contributed by atoms with Crippen LogP contribution < -0.4 is 5.32 Å². The van der Waals surface area contributed by atoms with Crippen LogP contribution in [0.3, 0.4) is 0 Å². The number of nitrogens with one attached hydrogen (secondary N) is 2. The minimum Gasteiger partial charge on any atom is -0.316 e. The lowest BCUT2D eigenvalue weighted by Gasteiger charge is -2.20. The van der Waals surface area contributed by atoms with Crippen molar-refractivity contribution < 1.29 is 0 Å². The standard InChI is InChI=1S/C19H19N7/c1-2-14(11-21-7-1)18-12-26(25-23-18)15-3-4-17-16(10-15)19(24-22-17)13-5-8-20-9-6-13/h3-6,8-10,12,14,21H,1-2,7,11H2,(H,22,24). The van der Waals surface area contributed by atoms with Crippen molar-refractivity contribution in [2.75, 3.05) is 13.1 Å². The molecule has 1 aliphatic heterocycles. The maximum Gasteiger partial charge on any atom is 0.100 e. The number of hydrogen-bond acceptors (Lipinski definition) is 5. The molecule has 0 saturated carbocycles. The summed E-state index contributed by atoms with van der Waals surface area (Å²) in [6.45, 7) is 2.07. The zero-order chi connectivity index (χ0) is 17.3. The number of nitrogens with zero attached hydrogens (tertiary/aromatic N) is 5. The predicted molar refractivity (Wildman–Crippen MR) is 99.1 cm³/mol. The van der Waals surface area contributed by atoms with Crippen LogP contribution >= 0.6 is 0 Å². The van der Waals surface area contributed by atoms with Gasteiger partial charge < -0.3 is 5.32 Å². The molecular formula is C19H19N7. The number of rotatable bonds is 3. The van der Waals surface area contributed by atoms with Gasteiger partial charge in [-0.05, 0) is 49.7 Å². The number of benzene rings is 1. The molecule has 1 aromatic carbocycles. The topological polar surface area (TPSA) is 84.3 Å². The molecule has 7 heteroatoms. The van der Waals surface area contributed by atoms with Gasteiger partial charge in [0.1, 0.15) is 5.69 Å². The van der Waals surface area contributed by atoms with Gasteiger partial charge in [0, 0.05) is 35.8 Å². The third-order valence-electron chi connectivity index (χ3n) is 4.99. The van der Waals surface area contributed by atoms with Crippen LogP contribution in [-0.2, 0) is 0 Å². The molecule has 130 valence electrons. The molecule has 4 aromatic rings. The van der Waals surface area contributed by atoms with E-state index in [1.165, 1.54) is 12.8 Å². The minimum atomic E-state index is 0.447. The first-order valence-electron chi connectivity index (χ1n) is 8.90. The quantitative estimate of drug-likeness (QED) is 0.596. The molecule has 3 aromatic heterocycles. The van der Waals surface area contributed by atoms with Crippen molar-refractivity contribution in [3.05, 3.63) is 54.6 Å². The average molecular weight is 345 g/mol. The molecule has 2 N–H and O–H groups in total. The van der Waals surface area contributed by atoms with Gasteiger partial charge in [-0.25, -0.2) is 4.68 Å². The Morgan fingerprint density at radius 2 is 2.04 bits per heavy atom. The molecule has 26 heavy (non-hydrogen) atoms. The first-order chi connectivity index (χ1) is 12.9. The van der Waals surface area contributed by atoms with Crippen LogP contribution in [0.2, 0.25) is 0 Å². The molecule has 0 bridgehead atoms. The number of piperidine rings is 1. The van der Waals surface area contributed by atoms with Crippen molar-refractivity contribution >= 4 is 10.9 Å². The van der Waals surface area contributed by atoms with Crippen LogP contribution in [0.1, 0.15) is 24.5 Å². The van der Waals surface area contributed by atoms with Crippen LogP contribution in [0, 0.1) is 0 Å². The third-order valence-corrected chi connectivity index (χ3v) is 4.99. The van der Waals surface area contributed by atoms with Crippen LogP contribution in [0.15, 0.2) is 48.9 Å². The first-order valence-corrected chi connectivity index (χ1v) is 8.90. The Balaban J connectivity index is 1.53. The summed E-state index contributed by atoms with van der Waals surface area (Å²) in [4.78, 5) is 4.08. The van der Waals surface area contributed by atoms with Gasteiger partial charge >= 0.3 is 0 Å². The fourth-order valence-corrected chi connectivity index (χ4v) is 3.57. The van der Waals surface area contributed by atoms with E-state index in [1.54, 1.807) is 12.4 Å². The van der Waals surface area contributed by atoms with Crippen molar-refractivity contribution in [3.8, 4) is 16.9 Å². The molecule has 0 amide bonds. The lowest BCUT2D eigenvalue weighted by atomic mass is 9.97. The van der Waals surface area contributed by atoms with E-state index < -0.39 is 0 Å². The van der Waals surface area contributed by atoms with Gasteiger partial charge in [0.25, 0.3) is 0 Å².